The fourth-order valence-corrected chi connectivity index (χ4v) is 4.79. The number of hydrogen-bond donors (Lipinski definition) is 2. The van der Waals surface area contributed by atoms with Crippen molar-refractivity contribution in [2.45, 2.75) is 50.2 Å². The number of likely N-dealkylation sites (tertiary alicyclic amines) is 1. The van der Waals surface area contributed by atoms with Crippen molar-refractivity contribution < 1.29 is 10.0 Å². The van der Waals surface area contributed by atoms with Crippen molar-refractivity contribution >= 4 is 5.91 Å². The maximum atomic E-state index is 11.5. The first-order valence-corrected chi connectivity index (χ1v) is 8.51. The first-order valence-electron chi connectivity index (χ1n) is 8.51. The Labute approximate surface area is 136 Å². The van der Waals surface area contributed by atoms with Gasteiger partial charge in [-0.05, 0) is 57.3 Å². The van der Waals surface area contributed by atoms with Gasteiger partial charge in [-0.1, -0.05) is 0 Å². The lowest BCUT2D eigenvalue weighted by atomic mass is 9.68. The molecule has 4 rings (SSSR count). The van der Waals surface area contributed by atoms with Gasteiger partial charge in [-0.25, -0.2) is 5.48 Å². The van der Waals surface area contributed by atoms with Crippen LogP contribution in [0.2, 0.25) is 0 Å². The second-order valence-corrected chi connectivity index (χ2v) is 7.17. The lowest BCUT2D eigenvalue weighted by Gasteiger charge is -2.56. The molecular formula is C17H24N4O2. The number of nitrogens with one attached hydrogen (secondary N) is 1. The van der Waals surface area contributed by atoms with Crippen LogP contribution in [0.4, 0.5) is 0 Å². The second kappa shape index (κ2) is 5.54. The first-order chi connectivity index (χ1) is 11.1. The maximum absolute atomic E-state index is 11.5. The number of nitrogens with zero attached hydrogens (tertiary/aromatic N) is 3. The number of hydrogen-bond acceptors (Lipinski definition) is 5. The lowest BCUT2D eigenvalue weighted by molar-refractivity contribution is -0.0465. The van der Waals surface area contributed by atoms with Crippen molar-refractivity contribution in [1.82, 2.24) is 20.3 Å². The van der Waals surface area contributed by atoms with Crippen LogP contribution in [-0.2, 0) is 13.0 Å². The third-order valence-electron chi connectivity index (χ3n) is 6.22. The minimum Gasteiger partial charge on any atom is -0.299 e. The van der Waals surface area contributed by atoms with Gasteiger partial charge in [0.1, 0.15) is 0 Å². The SMILES string of the molecule is CN1CCC[C@]12CC[C@H]2N1CCc2cc(C(=O)NO)cnc2C1. The van der Waals surface area contributed by atoms with Crippen LogP contribution in [0.5, 0.6) is 0 Å². The maximum Gasteiger partial charge on any atom is 0.276 e. The van der Waals surface area contributed by atoms with Crippen LogP contribution < -0.4 is 5.48 Å². The average molecular weight is 316 g/mol. The van der Waals surface area contributed by atoms with Crippen LogP contribution in [0.15, 0.2) is 12.3 Å². The highest BCUT2D eigenvalue weighted by Gasteiger charge is 2.54. The summed E-state index contributed by atoms with van der Waals surface area (Å²) in [6.45, 7) is 3.12. The third-order valence-corrected chi connectivity index (χ3v) is 6.22. The smallest absolute Gasteiger partial charge is 0.276 e. The molecule has 2 atom stereocenters. The van der Waals surface area contributed by atoms with Crippen molar-refractivity contribution in [2.24, 2.45) is 0 Å². The number of fused-ring (bicyclic) bond motifs is 1. The molecule has 3 heterocycles. The van der Waals surface area contributed by atoms with Crippen molar-refractivity contribution in [1.29, 1.82) is 0 Å². The van der Waals surface area contributed by atoms with E-state index in [1.54, 1.807) is 11.7 Å². The summed E-state index contributed by atoms with van der Waals surface area (Å²) < 4.78 is 0. The molecule has 2 N–H and O–H groups in total. The monoisotopic (exact) mass is 316 g/mol. The molecule has 1 aromatic rings. The normalized spacial score (nSPS) is 31.0. The number of aromatic nitrogens is 1. The molecule has 0 radical (unpaired) electrons. The quantitative estimate of drug-likeness (QED) is 0.633. The Kier molecular flexibility index (Phi) is 3.63. The molecule has 6 nitrogen and oxygen atoms in total. The molecule has 6 heteroatoms. The number of likely N-dealkylation sites (N-methyl/N-ethyl adjacent to an activating group) is 1. The Hall–Kier alpha value is -1.50. The summed E-state index contributed by atoms with van der Waals surface area (Å²) in [6, 6.07) is 2.51. The van der Waals surface area contributed by atoms with E-state index < -0.39 is 5.91 Å². The van der Waals surface area contributed by atoms with Gasteiger partial charge in [0.2, 0.25) is 0 Å². The molecule has 1 spiro atoms. The van der Waals surface area contributed by atoms with Gasteiger partial charge in [0.15, 0.2) is 0 Å². The molecule has 3 aliphatic rings. The van der Waals surface area contributed by atoms with Gasteiger partial charge >= 0.3 is 0 Å². The molecule has 1 saturated heterocycles. The van der Waals surface area contributed by atoms with Crippen LogP contribution in [-0.4, -0.2) is 57.6 Å². The largest absolute Gasteiger partial charge is 0.299 e. The summed E-state index contributed by atoms with van der Waals surface area (Å²) in [4.78, 5) is 21.2. The van der Waals surface area contributed by atoms with E-state index in [2.05, 4.69) is 21.8 Å². The van der Waals surface area contributed by atoms with E-state index in [4.69, 9.17) is 5.21 Å². The topological polar surface area (TPSA) is 68.7 Å². The van der Waals surface area contributed by atoms with Crippen molar-refractivity contribution in [3.63, 3.8) is 0 Å². The van der Waals surface area contributed by atoms with Gasteiger partial charge in [-0.3, -0.25) is 24.8 Å². The number of carbonyl (C=O) groups excluding carboxylic acids is 1. The van der Waals surface area contributed by atoms with E-state index in [1.165, 1.54) is 32.2 Å². The molecule has 23 heavy (non-hydrogen) atoms. The molecule has 0 bridgehead atoms. The zero-order valence-corrected chi connectivity index (χ0v) is 13.6. The highest BCUT2D eigenvalue weighted by Crippen LogP contribution is 2.48. The Balaban J connectivity index is 1.52. The predicted molar refractivity (Wildman–Crippen MR) is 85.2 cm³/mol. The van der Waals surface area contributed by atoms with Crippen molar-refractivity contribution in [3.05, 3.63) is 29.1 Å². The molecule has 0 unspecified atom stereocenters. The van der Waals surface area contributed by atoms with Gasteiger partial charge in [-0.15, -0.1) is 0 Å². The predicted octanol–water partition coefficient (Wildman–Crippen LogP) is 1.19. The second-order valence-electron chi connectivity index (χ2n) is 7.17. The van der Waals surface area contributed by atoms with Gasteiger partial charge in [0.25, 0.3) is 5.91 Å². The van der Waals surface area contributed by atoms with E-state index in [0.717, 1.165) is 30.8 Å². The summed E-state index contributed by atoms with van der Waals surface area (Å²) in [6.07, 6.45) is 7.72. The van der Waals surface area contributed by atoms with Crippen molar-refractivity contribution in [3.8, 4) is 0 Å². The van der Waals surface area contributed by atoms with Gasteiger partial charge in [0, 0.05) is 30.9 Å². The molecule has 1 saturated carbocycles. The number of amides is 1. The number of pyridine rings is 1. The Morgan fingerprint density at radius 2 is 2.30 bits per heavy atom. The van der Waals surface area contributed by atoms with Crippen LogP contribution in [0, 0.1) is 0 Å². The Morgan fingerprint density at radius 3 is 2.96 bits per heavy atom. The number of rotatable bonds is 2. The number of carbonyl (C=O) groups is 1. The van der Waals surface area contributed by atoms with Crippen molar-refractivity contribution in [2.75, 3.05) is 20.1 Å². The fraction of sp³-hybridized carbons (Fsp3) is 0.647. The van der Waals surface area contributed by atoms with E-state index >= 15 is 0 Å². The molecule has 2 aliphatic heterocycles. The molecule has 0 aromatic carbocycles. The van der Waals surface area contributed by atoms with Gasteiger partial charge in [-0.2, -0.15) is 0 Å². The summed E-state index contributed by atoms with van der Waals surface area (Å²) in [5.41, 5.74) is 4.71. The van der Waals surface area contributed by atoms with E-state index in [-0.39, 0.29) is 0 Å². The number of hydroxylamine groups is 1. The minimum atomic E-state index is -0.492. The van der Waals surface area contributed by atoms with E-state index in [0.29, 0.717) is 17.1 Å². The highest BCUT2D eigenvalue weighted by atomic mass is 16.5. The molecule has 124 valence electrons. The standard InChI is InChI=1S/C17H24N4O2/c1-20-7-2-5-17(20)6-3-15(17)21-8-4-12-9-13(16(22)19-23)10-18-14(12)11-21/h9-10,15,23H,2-8,11H2,1H3,(H,19,22)/t15-,17-/m1/s1. The lowest BCUT2D eigenvalue weighted by Crippen LogP contribution is -2.65. The third kappa shape index (κ3) is 2.28. The van der Waals surface area contributed by atoms with Crippen LogP contribution in [0.25, 0.3) is 0 Å². The fourth-order valence-electron chi connectivity index (χ4n) is 4.79. The molecular weight excluding hydrogens is 292 g/mol. The molecule has 1 aliphatic carbocycles. The zero-order chi connectivity index (χ0) is 16.0. The van der Waals surface area contributed by atoms with Crippen LogP contribution in [0.3, 0.4) is 0 Å². The summed E-state index contributed by atoms with van der Waals surface area (Å²) >= 11 is 0. The summed E-state index contributed by atoms with van der Waals surface area (Å²) in [5, 5.41) is 8.75. The van der Waals surface area contributed by atoms with E-state index in [1.807, 2.05) is 6.07 Å². The van der Waals surface area contributed by atoms with Gasteiger partial charge in [0.05, 0.1) is 11.3 Å². The Morgan fingerprint density at radius 1 is 1.43 bits per heavy atom. The first kappa shape index (κ1) is 15.1. The zero-order valence-electron chi connectivity index (χ0n) is 13.6. The van der Waals surface area contributed by atoms with Crippen LogP contribution in [0.1, 0.15) is 47.3 Å². The van der Waals surface area contributed by atoms with Crippen LogP contribution >= 0.6 is 0 Å². The summed E-state index contributed by atoms with van der Waals surface area (Å²) in [7, 11) is 2.27. The van der Waals surface area contributed by atoms with E-state index in [9.17, 15) is 4.79 Å². The summed E-state index contributed by atoms with van der Waals surface area (Å²) in [5.74, 6) is -0.492. The minimum absolute atomic E-state index is 0.397. The highest BCUT2D eigenvalue weighted by molar-refractivity contribution is 5.93. The molecule has 2 fully saturated rings. The average Bonchev–Trinajstić information content (AvgIpc) is 2.96. The van der Waals surface area contributed by atoms with Gasteiger partial charge < -0.3 is 0 Å². The molecule has 1 amide bonds. The molecule has 1 aromatic heterocycles. The Bertz CT molecular complexity index is 635.